The van der Waals surface area contributed by atoms with Gasteiger partial charge < -0.3 is 4.90 Å². The van der Waals surface area contributed by atoms with Gasteiger partial charge in [-0.1, -0.05) is 11.6 Å². The number of anilines is 1. The molecule has 0 aromatic heterocycles. The van der Waals surface area contributed by atoms with Crippen LogP contribution in [0.5, 0.6) is 0 Å². The van der Waals surface area contributed by atoms with E-state index in [2.05, 4.69) is 0 Å². The number of benzene rings is 1. The molecule has 0 spiro atoms. The van der Waals surface area contributed by atoms with Gasteiger partial charge >= 0.3 is 0 Å². The fraction of sp³-hybridized carbons (Fsp3) is 0.533. The third kappa shape index (κ3) is 3.61. The molecular formula is C15H19ClN2O3S2. The molecule has 2 saturated heterocycles. The van der Waals surface area contributed by atoms with E-state index in [9.17, 15) is 13.2 Å². The van der Waals surface area contributed by atoms with E-state index < -0.39 is 10.0 Å². The first-order chi connectivity index (χ1) is 11.0. The highest BCUT2D eigenvalue weighted by Crippen LogP contribution is 2.29. The fourth-order valence-corrected chi connectivity index (χ4v) is 5.64. The van der Waals surface area contributed by atoms with E-state index in [0.29, 0.717) is 29.2 Å². The minimum atomic E-state index is -3.27. The van der Waals surface area contributed by atoms with Crippen molar-refractivity contribution in [2.24, 2.45) is 0 Å². The zero-order chi connectivity index (χ0) is 16.4. The molecule has 1 amide bonds. The Morgan fingerprint density at radius 2 is 1.87 bits per heavy atom. The molecule has 1 aromatic rings. The summed E-state index contributed by atoms with van der Waals surface area (Å²) in [6, 6.07) is 4.92. The summed E-state index contributed by atoms with van der Waals surface area (Å²) in [4.78, 5) is 14.3. The van der Waals surface area contributed by atoms with Gasteiger partial charge in [-0.2, -0.15) is 11.8 Å². The highest BCUT2D eigenvalue weighted by atomic mass is 35.5. The summed E-state index contributed by atoms with van der Waals surface area (Å²) in [6.07, 6.45) is 1.53. The molecule has 1 aromatic carbocycles. The second-order valence-corrected chi connectivity index (χ2v) is 9.31. The molecule has 23 heavy (non-hydrogen) atoms. The molecule has 0 radical (unpaired) electrons. The van der Waals surface area contributed by atoms with Crippen LogP contribution >= 0.6 is 23.4 Å². The third-order valence-corrected chi connectivity index (χ3v) is 7.24. The quantitative estimate of drug-likeness (QED) is 0.797. The van der Waals surface area contributed by atoms with E-state index >= 15 is 0 Å². The van der Waals surface area contributed by atoms with Crippen LogP contribution in [0.25, 0.3) is 0 Å². The van der Waals surface area contributed by atoms with Crippen LogP contribution in [0.4, 0.5) is 5.69 Å². The van der Waals surface area contributed by atoms with Crippen molar-refractivity contribution in [3.8, 4) is 0 Å². The number of carbonyl (C=O) groups excluding carboxylic acids is 1. The first-order valence-corrected chi connectivity index (χ1v) is 10.8. The molecule has 2 aliphatic rings. The van der Waals surface area contributed by atoms with Gasteiger partial charge in [-0.05, 0) is 31.0 Å². The lowest BCUT2D eigenvalue weighted by Crippen LogP contribution is -2.38. The minimum Gasteiger partial charge on any atom is -0.337 e. The molecule has 5 nitrogen and oxygen atoms in total. The van der Waals surface area contributed by atoms with E-state index in [1.54, 1.807) is 23.1 Å². The maximum atomic E-state index is 12.5. The van der Waals surface area contributed by atoms with Gasteiger partial charge in [0.2, 0.25) is 10.0 Å². The van der Waals surface area contributed by atoms with Crippen molar-refractivity contribution in [2.45, 2.75) is 12.8 Å². The number of carbonyl (C=O) groups is 1. The lowest BCUT2D eigenvalue weighted by molar-refractivity contribution is 0.0772. The van der Waals surface area contributed by atoms with Crippen molar-refractivity contribution in [2.75, 3.05) is 41.2 Å². The number of sulfonamides is 1. The van der Waals surface area contributed by atoms with Gasteiger partial charge in [-0.3, -0.25) is 9.10 Å². The van der Waals surface area contributed by atoms with E-state index in [4.69, 9.17) is 11.6 Å². The Bertz CT molecular complexity index is 703. The highest BCUT2D eigenvalue weighted by Gasteiger charge is 2.27. The molecule has 0 atom stereocenters. The van der Waals surface area contributed by atoms with E-state index in [1.165, 1.54) is 4.31 Å². The standard InChI is InChI=1S/C15H19ClN2O3S2/c16-14-11-12(18-5-1-2-10-23(18,20)21)3-4-13(14)15(19)17-6-8-22-9-7-17/h3-4,11H,1-2,5-10H2. The highest BCUT2D eigenvalue weighted by molar-refractivity contribution is 7.99. The summed E-state index contributed by atoms with van der Waals surface area (Å²) in [5, 5.41) is 0.312. The molecule has 0 saturated carbocycles. The van der Waals surface area contributed by atoms with E-state index in [1.807, 2.05) is 11.8 Å². The largest absolute Gasteiger partial charge is 0.337 e. The third-order valence-electron chi connectivity index (χ3n) is 4.12. The maximum Gasteiger partial charge on any atom is 0.255 e. The van der Waals surface area contributed by atoms with Gasteiger partial charge in [0.05, 0.1) is 22.0 Å². The van der Waals surface area contributed by atoms with Crippen LogP contribution in [-0.2, 0) is 10.0 Å². The van der Waals surface area contributed by atoms with Crippen LogP contribution in [0.15, 0.2) is 18.2 Å². The van der Waals surface area contributed by atoms with Crippen molar-refractivity contribution in [1.82, 2.24) is 4.90 Å². The molecule has 2 fully saturated rings. The normalized spacial score (nSPS) is 21.3. The maximum absolute atomic E-state index is 12.5. The Labute approximate surface area is 146 Å². The van der Waals surface area contributed by atoms with Crippen molar-refractivity contribution >= 4 is 45.0 Å². The number of amides is 1. The molecule has 3 rings (SSSR count). The lowest BCUT2D eigenvalue weighted by atomic mass is 10.1. The molecule has 2 heterocycles. The summed E-state index contributed by atoms with van der Waals surface area (Å²) >= 11 is 8.12. The van der Waals surface area contributed by atoms with Crippen molar-refractivity contribution in [3.05, 3.63) is 28.8 Å². The molecular weight excluding hydrogens is 356 g/mol. The monoisotopic (exact) mass is 374 g/mol. The van der Waals surface area contributed by atoms with Crippen molar-refractivity contribution < 1.29 is 13.2 Å². The SMILES string of the molecule is O=C(c1ccc(N2CCCCS2(=O)=O)cc1Cl)N1CCSCC1. The smallest absolute Gasteiger partial charge is 0.255 e. The first-order valence-electron chi connectivity index (χ1n) is 7.66. The number of hydrogen-bond acceptors (Lipinski definition) is 4. The lowest BCUT2D eigenvalue weighted by Gasteiger charge is -2.29. The Hall–Kier alpha value is -0.920. The van der Waals surface area contributed by atoms with Gasteiger partial charge in [0, 0.05) is 31.1 Å². The fourth-order valence-electron chi connectivity index (χ4n) is 2.85. The second-order valence-electron chi connectivity index (χ2n) is 5.66. The van der Waals surface area contributed by atoms with Gasteiger partial charge in [-0.25, -0.2) is 8.42 Å². The van der Waals surface area contributed by atoms with Crippen LogP contribution in [-0.4, -0.2) is 56.1 Å². The summed E-state index contributed by atoms with van der Waals surface area (Å²) in [6.45, 7) is 1.92. The number of halogens is 1. The van der Waals surface area contributed by atoms with Crippen LogP contribution in [0, 0.1) is 0 Å². The van der Waals surface area contributed by atoms with Crippen LogP contribution in [0.1, 0.15) is 23.2 Å². The number of thioether (sulfide) groups is 1. The molecule has 2 aliphatic heterocycles. The van der Waals surface area contributed by atoms with Gasteiger partial charge in [0.15, 0.2) is 0 Å². The number of hydrogen-bond donors (Lipinski definition) is 0. The Balaban J connectivity index is 1.84. The molecule has 0 aliphatic carbocycles. The second kappa shape index (κ2) is 6.91. The average molecular weight is 375 g/mol. The van der Waals surface area contributed by atoms with Gasteiger partial charge in [0.1, 0.15) is 0 Å². The topological polar surface area (TPSA) is 57.7 Å². The molecule has 8 heteroatoms. The summed E-state index contributed by atoms with van der Waals surface area (Å²) in [5.41, 5.74) is 0.983. The summed E-state index contributed by atoms with van der Waals surface area (Å²) in [5.74, 6) is 1.96. The minimum absolute atomic E-state index is 0.0802. The van der Waals surface area contributed by atoms with Crippen molar-refractivity contribution in [1.29, 1.82) is 0 Å². The van der Waals surface area contributed by atoms with Crippen LogP contribution in [0.2, 0.25) is 5.02 Å². The van der Waals surface area contributed by atoms with E-state index in [-0.39, 0.29) is 11.7 Å². The Morgan fingerprint density at radius 1 is 1.13 bits per heavy atom. The molecule has 126 valence electrons. The molecule has 0 N–H and O–H groups in total. The molecule has 0 bridgehead atoms. The predicted octanol–water partition coefficient (Wildman–Crippen LogP) is 2.46. The predicted molar refractivity (Wildman–Crippen MR) is 95.0 cm³/mol. The first kappa shape index (κ1) is 16.9. The number of rotatable bonds is 2. The zero-order valence-electron chi connectivity index (χ0n) is 12.7. The number of nitrogens with zero attached hydrogens (tertiary/aromatic N) is 2. The Kier molecular flexibility index (Phi) is 5.08. The summed E-state index contributed by atoms with van der Waals surface area (Å²) < 4.78 is 25.7. The zero-order valence-corrected chi connectivity index (χ0v) is 15.1. The average Bonchev–Trinajstić information content (AvgIpc) is 2.54. The van der Waals surface area contributed by atoms with Crippen molar-refractivity contribution in [3.63, 3.8) is 0 Å². The summed E-state index contributed by atoms with van der Waals surface area (Å²) in [7, 11) is -3.27. The van der Waals surface area contributed by atoms with Crippen LogP contribution < -0.4 is 4.31 Å². The van der Waals surface area contributed by atoms with Gasteiger partial charge in [-0.15, -0.1) is 0 Å². The molecule has 0 unspecified atom stereocenters. The van der Waals surface area contributed by atoms with Gasteiger partial charge in [0.25, 0.3) is 5.91 Å². The Morgan fingerprint density at radius 3 is 2.52 bits per heavy atom. The van der Waals surface area contributed by atoms with Crippen LogP contribution in [0.3, 0.4) is 0 Å². The van der Waals surface area contributed by atoms with E-state index in [0.717, 1.165) is 31.0 Å².